The van der Waals surface area contributed by atoms with Gasteiger partial charge in [-0.25, -0.2) is 8.42 Å². The molecule has 1 N–H and O–H groups in total. The fourth-order valence-electron chi connectivity index (χ4n) is 3.39. The number of halogens is 2. The van der Waals surface area contributed by atoms with Crippen molar-refractivity contribution in [3.8, 4) is 0 Å². The lowest BCUT2D eigenvalue weighted by Crippen LogP contribution is -2.50. The summed E-state index contributed by atoms with van der Waals surface area (Å²) in [4.78, 5) is 27.1. The van der Waals surface area contributed by atoms with Gasteiger partial charge in [0.25, 0.3) is 0 Å². The number of benzene rings is 2. The zero-order chi connectivity index (χ0) is 25.8. The van der Waals surface area contributed by atoms with Gasteiger partial charge in [-0.3, -0.25) is 13.9 Å². The summed E-state index contributed by atoms with van der Waals surface area (Å²) in [5.41, 5.74) is 1.74. The molecular weight excluding hydrogens is 497 g/mol. The molecule has 0 saturated heterocycles. The average molecular weight is 529 g/mol. The van der Waals surface area contributed by atoms with Crippen molar-refractivity contribution in [1.29, 1.82) is 0 Å². The van der Waals surface area contributed by atoms with Crippen molar-refractivity contribution in [3.63, 3.8) is 0 Å². The van der Waals surface area contributed by atoms with Gasteiger partial charge in [0.05, 0.1) is 11.9 Å². The summed E-state index contributed by atoms with van der Waals surface area (Å²) in [6.07, 6.45) is 1.04. The molecule has 186 valence electrons. The van der Waals surface area contributed by atoms with Crippen molar-refractivity contribution in [1.82, 2.24) is 10.2 Å². The highest BCUT2D eigenvalue weighted by atomic mass is 35.5. The van der Waals surface area contributed by atoms with Gasteiger partial charge in [0, 0.05) is 29.2 Å². The largest absolute Gasteiger partial charge is 0.357 e. The Balaban J connectivity index is 2.44. The van der Waals surface area contributed by atoms with E-state index in [4.69, 9.17) is 23.2 Å². The second-order valence-corrected chi connectivity index (χ2v) is 11.8. The van der Waals surface area contributed by atoms with Crippen LogP contribution in [0.3, 0.4) is 0 Å². The van der Waals surface area contributed by atoms with Crippen LogP contribution < -0.4 is 9.62 Å². The van der Waals surface area contributed by atoms with Gasteiger partial charge in [0.2, 0.25) is 21.8 Å². The van der Waals surface area contributed by atoms with Crippen molar-refractivity contribution in [2.24, 2.45) is 0 Å². The van der Waals surface area contributed by atoms with Gasteiger partial charge in [0.1, 0.15) is 12.6 Å². The van der Waals surface area contributed by atoms with Gasteiger partial charge in [0.15, 0.2) is 0 Å². The molecule has 2 aromatic carbocycles. The molecule has 0 saturated carbocycles. The second kappa shape index (κ2) is 11.0. The highest BCUT2D eigenvalue weighted by Crippen LogP contribution is 2.28. The van der Waals surface area contributed by atoms with E-state index in [-0.39, 0.29) is 12.0 Å². The van der Waals surface area contributed by atoms with Crippen LogP contribution in [0.2, 0.25) is 10.0 Å². The number of hydrogen-bond donors (Lipinski definition) is 1. The Morgan fingerprint density at radius 2 is 1.56 bits per heavy atom. The van der Waals surface area contributed by atoms with E-state index in [9.17, 15) is 18.0 Å². The van der Waals surface area contributed by atoms with Crippen LogP contribution in [0.4, 0.5) is 5.69 Å². The Hall–Kier alpha value is -2.29. The first-order valence-corrected chi connectivity index (χ1v) is 13.3. The van der Waals surface area contributed by atoms with Gasteiger partial charge >= 0.3 is 0 Å². The molecule has 0 unspecified atom stereocenters. The highest BCUT2D eigenvalue weighted by molar-refractivity contribution is 7.92. The highest BCUT2D eigenvalue weighted by Gasteiger charge is 2.30. The zero-order valence-corrected chi connectivity index (χ0v) is 22.6. The van der Waals surface area contributed by atoms with Crippen LogP contribution >= 0.6 is 23.2 Å². The van der Waals surface area contributed by atoms with E-state index in [1.165, 1.54) is 11.9 Å². The minimum Gasteiger partial charge on any atom is -0.357 e. The molecule has 10 heteroatoms. The normalized spacial score (nSPS) is 12.7. The van der Waals surface area contributed by atoms with Crippen LogP contribution in [0.15, 0.2) is 42.5 Å². The lowest BCUT2D eigenvalue weighted by molar-refractivity contribution is -0.139. The maximum absolute atomic E-state index is 13.4. The number of nitrogens with one attached hydrogen (secondary N) is 1. The van der Waals surface area contributed by atoms with Crippen LogP contribution in [0.5, 0.6) is 0 Å². The maximum atomic E-state index is 13.4. The zero-order valence-electron chi connectivity index (χ0n) is 20.2. The lowest BCUT2D eigenvalue weighted by atomic mass is 9.87. The van der Waals surface area contributed by atoms with E-state index in [0.717, 1.165) is 16.1 Å². The standard InChI is InChI=1S/C24H31Cl2N3O4S/c1-16(23(31)27-5)28(14-19-20(25)8-7-9-21(19)26)22(30)15-29(34(6,32)33)18-12-10-17(11-13-18)24(2,3)4/h7-13,16H,14-15H2,1-6H3,(H,27,31)/t16-/m0/s1. The first-order valence-electron chi connectivity index (χ1n) is 10.7. The van der Waals surface area contributed by atoms with E-state index in [0.29, 0.717) is 21.3 Å². The van der Waals surface area contributed by atoms with Crippen LogP contribution in [0, 0.1) is 0 Å². The first kappa shape index (κ1) is 28.0. The lowest BCUT2D eigenvalue weighted by Gasteiger charge is -2.31. The van der Waals surface area contributed by atoms with E-state index >= 15 is 0 Å². The summed E-state index contributed by atoms with van der Waals surface area (Å²) in [6.45, 7) is 7.17. The van der Waals surface area contributed by atoms with Crippen molar-refractivity contribution in [2.75, 3.05) is 24.2 Å². The van der Waals surface area contributed by atoms with Crippen molar-refractivity contribution in [3.05, 3.63) is 63.6 Å². The number of rotatable bonds is 8. The van der Waals surface area contributed by atoms with E-state index in [1.807, 2.05) is 12.1 Å². The molecule has 0 fully saturated rings. The van der Waals surface area contributed by atoms with E-state index < -0.39 is 34.4 Å². The Bertz CT molecular complexity index is 1130. The molecule has 0 heterocycles. The molecule has 34 heavy (non-hydrogen) atoms. The molecular formula is C24H31Cl2N3O4S. The summed E-state index contributed by atoms with van der Waals surface area (Å²) in [6, 6.07) is 11.1. The summed E-state index contributed by atoms with van der Waals surface area (Å²) >= 11 is 12.6. The monoisotopic (exact) mass is 527 g/mol. The topological polar surface area (TPSA) is 86.8 Å². The number of likely N-dealkylation sites (N-methyl/N-ethyl adjacent to an activating group) is 1. The van der Waals surface area contributed by atoms with Crippen LogP contribution in [-0.2, 0) is 31.6 Å². The Morgan fingerprint density at radius 3 is 2.00 bits per heavy atom. The molecule has 0 spiro atoms. The van der Waals surface area contributed by atoms with Crippen LogP contribution in [0.25, 0.3) is 0 Å². The SMILES string of the molecule is CNC(=O)[C@H](C)N(Cc1c(Cl)cccc1Cl)C(=O)CN(c1ccc(C(C)(C)C)cc1)S(C)(=O)=O. The molecule has 2 amide bonds. The predicted molar refractivity (Wildman–Crippen MR) is 138 cm³/mol. The average Bonchev–Trinajstić information content (AvgIpc) is 2.75. The fourth-order valence-corrected chi connectivity index (χ4v) is 4.75. The predicted octanol–water partition coefficient (Wildman–Crippen LogP) is 4.22. The van der Waals surface area contributed by atoms with Gasteiger partial charge < -0.3 is 10.2 Å². The van der Waals surface area contributed by atoms with Crippen LogP contribution in [0.1, 0.15) is 38.8 Å². The molecule has 0 aliphatic rings. The minimum atomic E-state index is -3.80. The van der Waals surface area contributed by atoms with Gasteiger partial charge in [-0.1, -0.05) is 62.2 Å². The molecule has 2 rings (SSSR count). The Labute approximate surface area is 212 Å². The minimum absolute atomic E-state index is 0.0630. The third kappa shape index (κ3) is 6.87. The van der Waals surface area contributed by atoms with Crippen molar-refractivity contribution in [2.45, 2.75) is 45.7 Å². The number of hydrogen-bond acceptors (Lipinski definition) is 4. The van der Waals surface area contributed by atoms with Gasteiger partial charge in [-0.2, -0.15) is 0 Å². The molecule has 0 aliphatic carbocycles. The number of carbonyl (C=O) groups excluding carboxylic acids is 2. The molecule has 0 radical (unpaired) electrons. The smallest absolute Gasteiger partial charge is 0.244 e. The summed E-state index contributed by atoms with van der Waals surface area (Å²) < 4.78 is 26.3. The number of sulfonamides is 1. The number of amides is 2. The molecule has 7 nitrogen and oxygen atoms in total. The van der Waals surface area contributed by atoms with Gasteiger partial charge in [-0.15, -0.1) is 0 Å². The molecule has 0 aromatic heterocycles. The van der Waals surface area contributed by atoms with Crippen LogP contribution in [-0.4, -0.2) is 51.0 Å². The quantitative estimate of drug-likeness (QED) is 0.556. The number of nitrogens with zero attached hydrogens (tertiary/aromatic N) is 2. The molecule has 1 atom stereocenters. The summed E-state index contributed by atoms with van der Waals surface area (Å²) in [5, 5.41) is 3.20. The molecule has 0 bridgehead atoms. The van der Waals surface area contributed by atoms with Gasteiger partial charge in [-0.05, 0) is 42.2 Å². The third-order valence-corrected chi connectivity index (χ3v) is 7.35. The maximum Gasteiger partial charge on any atom is 0.244 e. The number of anilines is 1. The van der Waals surface area contributed by atoms with Crippen molar-refractivity contribution < 1.29 is 18.0 Å². The van der Waals surface area contributed by atoms with Crippen molar-refractivity contribution >= 4 is 50.7 Å². The second-order valence-electron chi connectivity index (χ2n) is 9.08. The Morgan fingerprint density at radius 1 is 1.03 bits per heavy atom. The Kier molecular flexibility index (Phi) is 9.02. The summed E-state index contributed by atoms with van der Waals surface area (Å²) in [7, 11) is -2.34. The molecule has 2 aromatic rings. The summed E-state index contributed by atoms with van der Waals surface area (Å²) in [5.74, 6) is -0.977. The molecule has 0 aliphatic heterocycles. The van der Waals surface area contributed by atoms with E-state index in [2.05, 4.69) is 26.1 Å². The van der Waals surface area contributed by atoms with E-state index in [1.54, 1.807) is 37.3 Å². The first-order chi connectivity index (χ1) is 15.7. The fraction of sp³-hybridized carbons (Fsp3) is 0.417. The number of carbonyl (C=O) groups is 2. The third-order valence-electron chi connectivity index (χ3n) is 5.50.